The summed E-state index contributed by atoms with van der Waals surface area (Å²) in [5, 5.41) is 4.26. The van der Waals surface area contributed by atoms with Crippen LogP contribution in [0.5, 0.6) is 11.5 Å². The highest BCUT2D eigenvalue weighted by Gasteiger charge is 2.16. The molecular formula is C22H20F3NO3S. The van der Waals surface area contributed by atoms with Crippen LogP contribution >= 0.6 is 11.3 Å². The highest BCUT2D eigenvalue weighted by atomic mass is 32.1. The lowest BCUT2D eigenvalue weighted by atomic mass is 10.1. The van der Waals surface area contributed by atoms with E-state index >= 15 is 0 Å². The molecule has 3 rings (SSSR count). The van der Waals surface area contributed by atoms with Crippen molar-refractivity contribution < 1.29 is 27.4 Å². The number of halogens is 3. The molecular weight excluding hydrogens is 415 g/mol. The van der Waals surface area contributed by atoms with Crippen molar-refractivity contribution in [3.63, 3.8) is 0 Å². The predicted octanol–water partition coefficient (Wildman–Crippen LogP) is 6.25. The Kier molecular flexibility index (Phi) is 6.66. The van der Waals surface area contributed by atoms with Crippen LogP contribution < -0.4 is 14.8 Å². The lowest BCUT2D eigenvalue weighted by Crippen LogP contribution is -2.13. The van der Waals surface area contributed by atoms with E-state index in [0.29, 0.717) is 4.88 Å². The largest absolute Gasteiger partial charge is 0.488 e. The van der Waals surface area contributed by atoms with Gasteiger partial charge in [-0.3, -0.25) is 4.79 Å². The Hall–Kier alpha value is -3.00. The van der Waals surface area contributed by atoms with Gasteiger partial charge in [0.25, 0.3) is 5.91 Å². The average Bonchev–Trinajstić information content (AvgIpc) is 3.11. The number of aryl methyl sites for hydroxylation is 3. The number of amides is 1. The lowest BCUT2D eigenvalue weighted by molar-refractivity contribution is -0.0495. The van der Waals surface area contributed by atoms with Crippen LogP contribution in [0.3, 0.4) is 0 Å². The van der Waals surface area contributed by atoms with E-state index in [2.05, 4.69) is 10.1 Å². The summed E-state index contributed by atoms with van der Waals surface area (Å²) in [6.07, 6.45) is 0. The lowest BCUT2D eigenvalue weighted by Gasteiger charge is -2.12. The molecule has 0 atom stereocenters. The van der Waals surface area contributed by atoms with Crippen molar-refractivity contribution in [1.29, 1.82) is 0 Å². The maximum Gasteiger partial charge on any atom is 0.387 e. The standard InChI is InChI=1S/C22H20F3NO3S/c1-12-6-13(2)20(14(3)7-12)28-10-15-8-19(30-11-15)21(27)26-17-5-4-16(23)9-18(17)29-22(24)25/h4-9,11,22H,10H2,1-3H3,(H,26,27). The molecule has 8 heteroatoms. The quantitative estimate of drug-likeness (QED) is 0.478. The molecule has 1 amide bonds. The zero-order valence-electron chi connectivity index (χ0n) is 16.6. The summed E-state index contributed by atoms with van der Waals surface area (Å²) in [7, 11) is 0. The molecule has 0 saturated heterocycles. The topological polar surface area (TPSA) is 47.6 Å². The van der Waals surface area contributed by atoms with Gasteiger partial charge in [0.1, 0.15) is 18.2 Å². The average molecular weight is 435 g/mol. The molecule has 0 aliphatic rings. The molecule has 3 aromatic rings. The molecule has 0 aliphatic heterocycles. The Bertz CT molecular complexity index is 1040. The third-order valence-corrected chi connectivity index (χ3v) is 5.25. The van der Waals surface area contributed by atoms with Crippen LogP contribution in [-0.2, 0) is 6.61 Å². The summed E-state index contributed by atoms with van der Waals surface area (Å²) in [4.78, 5) is 12.9. The molecule has 0 unspecified atom stereocenters. The van der Waals surface area contributed by atoms with E-state index in [0.717, 1.165) is 40.1 Å². The molecule has 1 N–H and O–H groups in total. The highest BCUT2D eigenvalue weighted by Crippen LogP contribution is 2.29. The van der Waals surface area contributed by atoms with Gasteiger partial charge in [0.05, 0.1) is 10.6 Å². The van der Waals surface area contributed by atoms with Gasteiger partial charge in [-0.2, -0.15) is 8.78 Å². The van der Waals surface area contributed by atoms with Crippen molar-refractivity contribution in [3.05, 3.63) is 74.7 Å². The molecule has 2 aromatic carbocycles. The summed E-state index contributed by atoms with van der Waals surface area (Å²) in [6, 6.07) is 8.75. The number of benzene rings is 2. The first-order chi connectivity index (χ1) is 14.2. The fraction of sp³-hybridized carbons (Fsp3) is 0.227. The summed E-state index contributed by atoms with van der Waals surface area (Å²) in [5.41, 5.74) is 3.97. The molecule has 0 saturated carbocycles. The molecule has 0 radical (unpaired) electrons. The van der Waals surface area contributed by atoms with Gasteiger partial charge in [-0.15, -0.1) is 11.3 Å². The maximum absolute atomic E-state index is 13.3. The van der Waals surface area contributed by atoms with Gasteiger partial charge in [0, 0.05) is 11.6 Å². The van der Waals surface area contributed by atoms with E-state index in [4.69, 9.17) is 4.74 Å². The zero-order valence-corrected chi connectivity index (χ0v) is 17.4. The van der Waals surface area contributed by atoms with Crippen molar-refractivity contribution in [1.82, 2.24) is 0 Å². The van der Waals surface area contributed by atoms with Crippen molar-refractivity contribution in [2.75, 3.05) is 5.32 Å². The minimum Gasteiger partial charge on any atom is -0.488 e. The van der Waals surface area contributed by atoms with Crippen molar-refractivity contribution in [2.24, 2.45) is 0 Å². The molecule has 0 bridgehead atoms. The number of hydrogen-bond donors (Lipinski definition) is 1. The second kappa shape index (κ2) is 9.21. The molecule has 1 aromatic heterocycles. The monoisotopic (exact) mass is 435 g/mol. The third kappa shape index (κ3) is 5.33. The Balaban J connectivity index is 1.69. The number of ether oxygens (including phenoxy) is 2. The molecule has 0 fully saturated rings. The molecule has 158 valence electrons. The summed E-state index contributed by atoms with van der Waals surface area (Å²) >= 11 is 1.19. The van der Waals surface area contributed by atoms with Gasteiger partial charge in [-0.05, 0) is 55.5 Å². The number of nitrogens with one attached hydrogen (secondary N) is 1. The first-order valence-corrected chi connectivity index (χ1v) is 9.94. The van der Waals surface area contributed by atoms with E-state index in [1.165, 1.54) is 17.4 Å². The third-order valence-electron chi connectivity index (χ3n) is 4.27. The Morgan fingerprint density at radius 1 is 1.10 bits per heavy atom. The first kappa shape index (κ1) is 21.7. The minimum absolute atomic E-state index is 0.0428. The van der Waals surface area contributed by atoms with Crippen LogP contribution in [0.25, 0.3) is 0 Å². The van der Waals surface area contributed by atoms with Crippen LogP contribution in [0.2, 0.25) is 0 Å². The van der Waals surface area contributed by atoms with Crippen LogP contribution in [0.4, 0.5) is 18.9 Å². The molecule has 0 spiro atoms. The SMILES string of the molecule is Cc1cc(C)c(OCc2csc(C(=O)Nc3ccc(F)cc3OC(F)F)c2)c(C)c1. The predicted molar refractivity (Wildman–Crippen MR) is 110 cm³/mol. The highest BCUT2D eigenvalue weighted by molar-refractivity contribution is 7.12. The van der Waals surface area contributed by atoms with Gasteiger partial charge >= 0.3 is 6.61 Å². The second-order valence-corrected chi connectivity index (χ2v) is 7.72. The van der Waals surface area contributed by atoms with Crippen molar-refractivity contribution in [3.8, 4) is 11.5 Å². The fourth-order valence-electron chi connectivity index (χ4n) is 3.10. The van der Waals surface area contributed by atoms with Crippen LogP contribution in [0.1, 0.15) is 31.9 Å². The first-order valence-electron chi connectivity index (χ1n) is 9.06. The smallest absolute Gasteiger partial charge is 0.387 e. The van der Waals surface area contributed by atoms with Gasteiger partial charge in [-0.1, -0.05) is 17.7 Å². The fourth-order valence-corrected chi connectivity index (χ4v) is 3.89. The number of hydrogen-bond acceptors (Lipinski definition) is 4. The Labute approximate surface area is 176 Å². The number of rotatable bonds is 7. The Morgan fingerprint density at radius 2 is 1.80 bits per heavy atom. The molecule has 4 nitrogen and oxygen atoms in total. The second-order valence-electron chi connectivity index (χ2n) is 6.81. The normalized spacial score (nSPS) is 10.9. The summed E-state index contributed by atoms with van der Waals surface area (Å²) in [5.74, 6) is -0.901. The number of carbonyl (C=O) groups is 1. The van der Waals surface area contributed by atoms with Crippen LogP contribution in [0.15, 0.2) is 41.8 Å². The van der Waals surface area contributed by atoms with Crippen molar-refractivity contribution >= 4 is 22.9 Å². The van der Waals surface area contributed by atoms with Crippen molar-refractivity contribution in [2.45, 2.75) is 34.0 Å². The van der Waals surface area contributed by atoms with E-state index in [1.54, 1.807) is 11.4 Å². The van der Waals surface area contributed by atoms with E-state index in [-0.39, 0.29) is 12.3 Å². The molecule has 30 heavy (non-hydrogen) atoms. The minimum atomic E-state index is -3.14. The Morgan fingerprint density at radius 3 is 2.47 bits per heavy atom. The van der Waals surface area contributed by atoms with Gasteiger partial charge in [0.2, 0.25) is 0 Å². The van der Waals surface area contributed by atoms with Gasteiger partial charge in [-0.25, -0.2) is 4.39 Å². The van der Waals surface area contributed by atoms with Gasteiger partial charge < -0.3 is 14.8 Å². The molecule has 1 heterocycles. The van der Waals surface area contributed by atoms with Crippen LogP contribution in [0, 0.1) is 26.6 Å². The van der Waals surface area contributed by atoms with Crippen LogP contribution in [-0.4, -0.2) is 12.5 Å². The van der Waals surface area contributed by atoms with E-state index < -0.39 is 24.1 Å². The van der Waals surface area contributed by atoms with E-state index in [9.17, 15) is 18.0 Å². The zero-order chi connectivity index (χ0) is 21.8. The number of carbonyl (C=O) groups excluding carboxylic acids is 1. The number of anilines is 1. The molecule has 0 aliphatic carbocycles. The van der Waals surface area contributed by atoms with E-state index in [1.807, 2.05) is 32.9 Å². The maximum atomic E-state index is 13.3. The number of thiophene rings is 1. The number of alkyl halides is 2. The summed E-state index contributed by atoms with van der Waals surface area (Å²) < 4.78 is 48.6. The summed E-state index contributed by atoms with van der Waals surface area (Å²) in [6.45, 7) is 3.12. The van der Waals surface area contributed by atoms with Gasteiger partial charge in [0.15, 0.2) is 5.75 Å².